The topological polar surface area (TPSA) is 52.6 Å². The number of amides is 3. The minimum atomic E-state index is -0.287. The monoisotopic (exact) mass is 261 g/mol. The van der Waals surface area contributed by atoms with Crippen LogP contribution < -0.4 is 10.2 Å². The number of rotatable bonds is 5. The van der Waals surface area contributed by atoms with Crippen LogP contribution in [0.25, 0.3) is 0 Å². The van der Waals surface area contributed by atoms with Gasteiger partial charge < -0.3 is 10.2 Å². The fourth-order valence-corrected chi connectivity index (χ4v) is 2.20. The van der Waals surface area contributed by atoms with Crippen LogP contribution in [0.3, 0.4) is 0 Å². The zero-order chi connectivity index (χ0) is 13.8. The van der Waals surface area contributed by atoms with Gasteiger partial charge in [0, 0.05) is 25.3 Å². The number of aryl methyl sites for hydroxylation is 1. The molecule has 0 radical (unpaired) electrons. The quantitative estimate of drug-likeness (QED) is 0.815. The first kappa shape index (κ1) is 13.4. The molecule has 1 aliphatic rings. The molecule has 1 saturated heterocycles. The molecule has 102 valence electrons. The molecule has 1 fully saturated rings. The highest BCUT2D eigenvalue weighted by molar-refractivity contribution is 6.01. The van der Waals surface area contributed by atoms with Crippen LogP contribution in [-0.2, 0) is 4.79 Å². The normalized spacial score (nSPS) is 14.7. The molecule has 1 aliphatic heterocycles. The van der Waals surface area contributed by atoms with Gasteiger partial charge in [-0.05, 0) is 31.5 Å². The van der Waals surface area contributed by atoms with Gasteiger partial charge in [-0.3, -0.25) is 9.69 Å². The number of likely N-dealkylation sites (N-methyl/N-ethyl adjacent to an activating group) is 1. The summed E-state index contributed by atoms with van der Waals surface area (Å²) < 4.78 is 0. The molecular weight excluding hydrogens is 242 g/mol. The first-order chi connectivity index (χ1) is 9.11. The number of nitrogens with zero attached hydrogens (tertiary/aromatic N) is 2. The van der Waals surface area contributed by atoms with Crippen molar-refractivity contribution in [3.05, 3.63) is 29.8 Å². The van der Waals surface area contributed by atoms with Crippen molar-refractivity contribution in [3.8, 4) is 0 Å². The number of anilines is 1. The lowest BCUT2D eigenvalue weighted by Crippen LogP contribution is -2.38. The van der Waals surface area contributed by atoms with Crippen LogP contribution in [0.2, 0.25) is 0 Å². The molecule has 0 bridgehead atoms. The molecule has 1 aromatic carbocycles. The van der Waals surface area contributed by atoms with Crippen molar-refractivity contribution in [2.75, 3.05) is 31.1 Å². The van der Waals surface area contributed by atoms with Crippen LogP contribution in [-0.4, -0.2) is 43.0 Å². The molecule has 0 aliphatic carbocycles. The number of hydrogen-bond acceptors (Lipinski definition) is 3. The Morgan fingerprint density at radius 3 is 2.74 bits per heavy atom. The van der Waals surface area contributed by atoms with Gasteiger partial charge in [0.1, 0.15) is 0 Å². The van der Waals surface area contributed by atoms with E-state index in [1.165, 1.54) is 10.5 Å². The molecule has 0 aromatic heterocycles. The molecule has 5 heteroatoms. The van der Waals surface area contributed by atoms with Gasteiger partial charge in [0.05, 0.1) is 6.54 Å². The fourth-order valence-electron chi connectivity index (χ4n) is 2.20. The number of benzene rings is 1. The fraction of sp³-hybridized carbons (Fsp3) is 0.429. The Balaban J connectivity index is 2.00. The summed E-state index contributed by atoms with van der Waals surface area (Å²) in [5.41, 5.74) is 2.32. The van der Waals surface area contributed by atoms with E-state index in [1.807, 2.05) is 12.1 Å². The van der Waals surface area contributed by atoms with Crippen LogP contribution in [0.15, 0.2) is 24.3 Å². The summed E-state index contributed by atoms with van der Waals surface area (Å²) in [6.45, 7) is 6.15. The van der Waals surface area contributed by atoms with Gasteiger partial charge in [0.15, 0.2) is 0 Å². The molecule has 19 heavy (non-hydrogen) atoms. The Kier molecular flexibility index (Phi) is 4.04. The molecule has 3 amide bonds. The summed E-state index contributed by atoms with van der Waals surface area (Å²) >= 11 is 0. The lowest BCUT2D eigenvalue weighted by molar-refractivity contribution is -0.124. The average molecular weight is 261 g/mol. The number of nitrogens with one attached hydrogen (secondary N) is 1. The summed E-state index contributed by atoms with van der Waals surface area (Å²) in [6, 6.07) is 7.93. The van der Waals surface area contributed by atoms with Crippen LogP contribution in [0.5, 0.6) is 0 Å². The summed E-state index contributed by atoms with van der Waals surface area (Å²) in [7, 11) is 0. The summed E-state index contributed by atoms with van der Waals surface area (Å²) in [5, 5.41) is 2.53. The summed E-state index contributed by atoms with van der Waals surface area (Å²) in [4.78, 5) is 26.4. The summed E-state index contributed by atoms with van der Waals surface area (Å²) in [6.07, 6.45) is 0. The molecule has 2 rings (SSSR count). The van der Waals surface area contributed by atoms with Crippen molar-refractivity contribution in [2.45, 2.75) is 13.8 Å². The summed E-state index contributed by atoms with van der Waals surface area (Å²) in [5.74, 6) is -0.148. The predicted molar refractivity (Wildman–Crippen MR) is 74.2 cm³/mol. The zero-order valence-corrected chi connectivity index (χ0v) is 11.3. The second-order valence-electron chi connectivity index (χ2n) is 4.62. The van der Waals surface area contributed by atoms with Gasteiger partial charge in [0.25, 0.3) is 0 Å². The third kappa shape index (κ3) is 3.05. The molecule has 0 atom stereocenters. The smallest absolute Gasteiger partial charge is 0.324 e. The van der Waals surface area contributed by atoms with E-state index in [4.69, 9.17) is 0 Å². The largest absolute Gasteiger partial charge is 0.370 e. The van der Waals surface area contributed by atoms with Crippen molar-refractivity contribution < 1.29 is 9.59 Å². The Morgan fingerprint density at radius 1 is 1.37 bits per heavy atom. The molecule has 0 unspecified atom stereocenters. The van der Waals surface area contributed by atoms with Gasteiger partial charge in [0.2, 0.25) is 5.91 Å². The number of carbonyl (C=O) groups excluding carboxylic acids is 2. The van der Waals surface area contributed by atoms with E-state index >= 15 is 0 Å². The van der Waals surface area contributed by atoms with Crippen molar-refractivity contribution in [1.82, 2.24) is 10.2 Å². The van der Waals surface area contributed by atoms with Crippen molar-refractivity contribution in [3.63, 3.8) is 0 Å². The lowest BCUT2D eigenvalue weighted by atomic mass is 10.2. The molecule has 0 saturated carbocycles. The second kappa shape index (κ2) is 5.73. The molecule has 1 heterocycles. The van der Waals surface area contributed by atoms with Crippen LogP contribution in [0.4, 0.5) is 10.5 Å². The number of urea groups is 1. The Hall–Kier alpha value is -2.04. The molecule has 0 spiro atoms. The molecule has 1 aromatic rings. The van der Waals surface area contributed by atoms with Gasteiger partial charge in [-0.25, -0.2) is 4.79 Å². The Morgan fingerprint density at radius 2 is 2.16 bits per heavy atom. The molecular formula is C14H19N3O2. The van der Waals surface area contributed by atoms with Gasteiger partial charge in [-0.1, -0.05) is 12.1 Å². The minimum Gasteiger partial charge on any atom is -0.370 e. The highest BCUT2D eigenvalue weighted by Crippen LogP contribution is 2.15. The van der Waals surface area contributed by atoms with E-state index in [1.54, 1.807) is 0 Å². The van der Waals surface area contributed by atoms with Gasteiger partial charge in [-0.15, -0.1) is 0 Å². The van der Waals surface area contributed by atoms with Crippen LogP contribution in [0, 0.1) is 6.92 Å². The maximum absolute atomic E-state index is 11.5. The zero-order valence-electron chi connectivity index (χ0n) is 11.3. The van der Waals surface area contributed by atoms with Gasteiger partial charge >= 0.3 is 6.03 Å². The maximum Gasteiger partial charge on any atom is 0.324 e. The van der Waals surface area contributed by atoms with E-state index in [0.29, 0.717) is 13.1 Å². The standard InChI is InChI=1S/C14H19N3O2/c1-3-16(12-6-4-5-11(2)9-12)7-8-17-13(18)10-15-14(17)19/h4-6,9H,3,7-8,10H2,1-2H3,(H,15,19). The first-order valence-corrected chi connectivity index (χ1v) is 6.51. The third-order valence-electron chi connectivity index (χ3n) is 3.28. The third-order valence-corrected chi connectivity index (χ3v) is 3.28. The van der Waals surface area contributed by atoms with Gasteiger partial charge in [-0.2, -0.15) is 0 Å². The predicted octanol–water partition coefficient (Wildman–Crippen LogP) is 1.37. The van der Waals surface area contributed by atoms with E-state index in [9.17, 15) is 9.59 Å². The van der Waals surface area contributed by atoms with E-state index in [0.717, 1.165) is 12.2 Å². The molecule has 1 N–H and O–H groups in total. The second-order valence-corrected chi connectivity index (χ2v) is 4.62. The van der Waals surface area contributed by atoms with E-state index in [-0.39, 0.29) is 18.5 Å². The lowest BCUT2D eigenvalue weighted by Gasteiger charge is -2.25. The highest BCUT2D eigenvalue weighted by atomic mass is 16.2. The molecule has 5 nitrogen and oxygen atoms in total. The number of carbonyl (C=O) groups is 2. The van der Waals surface area contributed by atoms with Crippen molar-refractivity contribution >= 4 is 17.6 Å². The number of imide groups is 1. The minimum absolute atomic E-state index is 0.120. The van der Waals surface area contributed by atoms with Crippen molar-refractivity contribution in [2.24, 2.45) is 0 Å². The van der Waals surface area contributed by atoms with Crippen LogP contribution >= 0.6 is 0 Å². The van der Waals surface area contributed by atoms with E-state index < -0.39 is 0 Å². The Labute approximate surface area is 113 Å². The number of hydrogen-bond donors (Lipinski definition) is 1. The maximum atomic E-state index is 11.5. The average Bonchev–Trinajstić information content (AvgIpc) is 2.71. The van der Waals surface area contributed by atoms with Crippen LogP contribution in [0.1, 0.15) is 12.5 Å². The highest BCUT2D eigenvalue weighted by Gasteiger charge is 2.28. The van der Waals surface area contributed by atoms with Crippen molar-refractivity contribution in [1.29, 1.82) is 0 Å². The first-order valence-electron chi connectivity index (χ1n) is 6.51. The Bertz CT molecular complexity index is 471. The SMILES string of the molecule is CCN(CCN1C(=O)CNC1=O)c1cccc(C)c1. The van der Waals surface area contributed by atoms with E-state index in [2.05, 4.69) is 36.2 Å².